The number of allylic oxidation sites excluding steroid dienone is 1. The van der Waals surface area contributed by atoms with E-state index in [4.69, 9.17) is 0 Å². The van der Waals surface area contributed by atoms with Crippen LogP contribution in [0.2, 0.25) is 0 Å². The van der Waals surface area contributed by atoms with Crippen molar-refractivity contribution in [1.82, 2.24) is 0 Å². The maximum Gasteiger partial charge on any atom is 0.143 e. The highest BCUT2D eigenvalue weighted by atomic mass is 35.5. The van der Waals surface area contributed by atoms with Gasteiger partial charge in [0.05, 0.1) is 0 Å². The van der Waals surface area contributed by atoms with Gasteiger partial charge < -0.3 is 0 Å². The first kappa shape index (κ1) is 16.6. The number of ketones is 1. The average molecular weight is 323 g/mol. The van der Waals surface area contributed by atoms with Crippen molar-refractivity contribution >= 4 is 18.2 Å². The molecule has 0 heterocycles. The van der Waals surface area contributed by atoms with Gasteiger partial charge in [-0.15, -0.1) is 19.0 Å². The van der Waals surface area contributed by atoms with Crippen LogP contribution in [0.15, 0.2) is 12.7 Å². The number of carbonyl (C=O) groups is 1. The van der Waals surface area contributed by atoms with Crippen LogP contribution in [0.4, 0.5) is 0 Å². The second kappa shape index (κ2) is 5.65. The van der Waals surface area contributed by atoms with Gasteiger partial charge in [0.2, 0.25) is 0 Å². The smallest absolute Gasteiger partial charge is 0.143 e. The van der Waals surface area contributed by atoms with Gasteiger partial charge in [0, 0.05) is 11.8 Å². The molecule has 0 bridgehead atoms. The van der Waals surface area contributed by atoms with Crippen LogP contribution < -0.4 is 0 Å². The molecule has 4 rings (SSSR count). The van der Waals surface area contributed by atoms with Gasteiger partial charge in [-0.05, 0) is 74.0 Å². The van der Waals surface area contributed by atoms with Crippen molar-refractivity contribution < 1.29 is 4.79 Å². The Balaban J connectivity index is 0.00000144. The fraction of sp³-hybridized carbons (Fsp3) is 0.850. The van der Waals surface area contributed by atoms with Crippen LogP contribution in [-0.2, 0) is 4.79 Å². The Morgan fingerprint density at radius 1 is 1.05 bits per heavy atom. The van der Waals surface area contributed by atoms with Gasteiger partial charge in [-0.1, -0.05) is 25.8 Å². The minimum atomic E-state index is -0.126. The summed E-state index contributed by atoms with van der Waals surface area (Å²) in [5.41, 5.74) is 0.458. The Hall–Kier alpha value is -0.300. The second-order valence-corrected chi connectivity index (χ2v) is 8.65. The molecule has 2 heteroatoms. The van der Waals surface area contributed by atoms with Gasteiger partial charge in [-0.3, -0.25) is 4.79 Å². The molecule has 1 nitrogen and oxygen atoms in total. The Morgan fingerprint density at radius 2 is 1.86 bits per heavy atom. The van der Waals surface area contributed by atoms with Crippen molar-refractivity contribution in [1.29, 1.82) is 0 Å². The first-order chi connectivity index (χ1) is 10.1. The summed E-state index contributed by atoms with van der Waals surface area (Å²) in [4.78, 5) is 12.5. The highest BCUT2D eigenvalue weighted by Crippen LogP contribution is 2.65. The predicted molar refractivity (Wildman–Crippen MR) is 93.1 cm³/mol. The van der Waals surface area contributed by atoms with E-state index in [1.165, 1.54) is 44.9 Å². The van der Waals surface area contributed by atoms with E-state index < -0.39 is 0 Å². The summed E-state index contributed by atoms with van der Waals surface area (Å²) in [6, 6.07) is 0. The molecule has 0 saturated heterocycles. The predicted octanol–water partition coefficient (Wildman–Crippen LogP) is 5.58. The summed E-state index contributed by atoms with van der Waals surface area (Å²) in [7, 11) is 0. The molecule has 4 aliphatic carbocycles. The molecular formula is C20H31ClO. The number of rotatable bonds is 1. The lowest BCUT2D eigenvalue weighted by Gasteiger charge is -2.59. The molecule has 1 unspecified atom stereocenters. The van der Waals surface area contributed by atoms with E-state index in [1.54, 1.807) is 0 Å². The fourth-order valence-electron chi connectivity index (χ4n) is 7.17. The zero-order valence-corrected chi connectivity index (χ0v) is 14.8. The number of fused-ring (bicyclic) bond motifs is 5. The van der Waals surface area contributed by atoms with Crippen molar-refractivity contribution in [2.45, 2.75) is 71.1 Å². The molecule has 4 fully saturated rings. The number of Topliss-reactive ketones (excluding diaryl/α,β-unsaturated/α-hetero) is 1. The van der Waals surface area contributed by atoms with Crippen LogP contribution in [0.3, 0.4) is 0 Å². The monoisotopic (exact) mass is 322 g/mol. The minimum absolute atomic E-state index is 0. The lowest BCUT2D eigenvalue weighted by atomic mass is 9.45. The van der Waals surface area contributed by atoms with E-state index in [1.807, 2.05) is 0 Å². The highest BCUT2D eigenvalue weighted by molar-refractivity contribution is 5.89. The summed E-state index contributed by atoms with van der Waals surface area (Å²) in [6.45, 7) is 6.69. The van der Waals surface area contributed by atoms with E-state index in [0.29, 0.717) is 17.1 Å². The first-order valence-electron chi connectivity index (χ1n) is 9.29. The second-order valence-electron chi connectivity index (χ2n) is 8.65. The van der Waals surface area contributed by atoms with Crippen molar-refractivity contribution in [2.75, 3.05) is 0 Å². The van der Waals surface area contributed by atoms with Crippen molar-refractivity contribution in [2.24, 2.45) is 34.5 Å². The Labute approximate surface area is 141 Å². The number of hydrogen-bond acceptors (Lipinski definition) is 1. The Morgan fingerprint density at radius 3 is 2.64 bits per heavy atom. The quantitative estimate of drug-likeness (QED) is 0.576. The van der Waals surface area contributed by atoms with E-state index in [9.17, 15) is 4.79 Å². The van der Waals surface area contributed by atoms with Crippen LogP contribution in [0.25, 0.3) is 0 Å². The number of hydrogen-bond donors (Lipinski definition) is 0. The van der Waals surface area contributed by atoms with Gasteiger partial charge in [-0.2, -0.15) is 0 Å². The zero-order valence-electron chi connectivity index (χ0n) is 14.0. The number of carbonyl (C=O) groups excluding carboxylic acids is 1. The molecule has 0 spiro atoms. The average Bonchev–Trinajstić information content (AvgIpc) is 2.84. The van der Waals surface area contributed by atoms with Gasteiger partial charge in [0.1, 0.15) is 5.78 Å². The molecular weight excluding hydrogens is 292 g/mol. The summed E-state index contributed by atoms with van der Waals surface area (Å²) in [5, 5.41) is 0. The zero-order chi connectivity index (χ0) is 14.7. The molecule has 0 aromatic heterocycles. The number of halogens is 1. The lowest BCUT2D eigenvalue weighted by molar-refractivity contribution is -0.134. The largest absolute Gasteiger partial charge is 0.299 e. The summed E-state index contributed by atoms with van der Waals surface area (Å²) >= 11 is 0. The topological polar surface area (TPSA) is 17.1 Å². The van der Waals surface area contributed by atoms with Gasteiger partial charge >= 0.3 is 0 Å². The SMILES string of the molecule is C=C[C@]12CC[C@H]3[C@@H](CCC4CCCC[C@@]43C)[C@@H]1CCC2=O.Cl. The summed E-state index contributed by atoms with van der Waals surface area (Å²) < 4.78 is 0. The molecule has 4 saturated carbocycles. The normalized spacial score (nSPS) is 50.3. The van der Waals surface area contributed by atoms with Crippen LogP contribution in [0, 0.1) is 34.5 Å². The van der Waals surface area contributed by atoms with Crippen LogP contribution in [0.1, 0.15) is 71.1 Å². The third-order valence-corrected chi connectivity index (χ3v) is 8.28. The molecule has 22 heavy (non-hydrogen) atoms. The molecule has 0 N–H and O–H groups in total. The highest BCUT2D eigenvalue weighted by Gasteiger charge is 2.60. The first-order valence-corrected chi connectivity index (χ1v) is 9.29. The molecule has 124 valence electrons. The summed E-state index contributed by atoms with van der Waals surface area (Å²) in [6.07, 6.45) is 15.0. The molecule has 0 aromatic carbocycles. The fourth-order valence-corrected chi connectivity index (χ4v) is 7.17. The van der Waals surface area contributed by atoms with Crippen LogP contribution in [-0.4, -0.2) is 5.78 Å². The van der Waals surface area contributed by atoms with Gasteiger partial charge in [0.25, 0.3) is 0 Å². The molecule has 6 atom stereocenters. The van der Waals surface area contributed by atoms with Gasteiger partial charge in [-0.25, -0.2) is 0 Å². The maximum absolute atomic E-state index is 12.5. The molecule has 0 amide bonds. The molecule has 0 radical (unpaired) electrons. The minimum Gasteiger partial charge on any atom is -0.299 e. The molecule has 0 aromatic rings. The third-order valence-electron chi connectivity index (χ3n) is 8.28. The summed E-state index contributed by atoms with van der Waals surface area (Å²) in [5.74, 6) is 3.81. The van der Waals surface area contributed by atoms with Crippen molar-refractivity contribution in [3.63, 3.8) is 0 Å². The van der Waals surface area contributed by atoms with E-state index in [2.05, 4.69) is 19.6 Å². The van der Waals surface area contributed by atoms with Gasteiger partial charge in [0.15, 0.2) is 0 Å². The van der Waals surface area contributed by atoms with Crippen molar-refractivity contribution in [3.8, 4) is 0 Å². The maximum atomic E-state index is 12.5. The Bertz CT molecular complexity index is 472. The van der Waals surface area contributed by atoms with E-state index >= 15 is 0 Å². The van der Waals surface area contributed by atoms with E-state index in [-0.39, 0.29) is 17.8 Å². The van der Waals surface area contributed by atoms with Crippen LogP contribution in [0.5, 0.6) is 0 Å². The third kappa shape index (κ3) is 2.00. The van der Waals surface area contributed by atoms with Crippen LogP contribution >= 0.6 is 12.4 Å². The van der Waals surface area contributed by atoms with E-state index in [0.717, 1.165) is 37.0 Å². The molecule has 0 aliphatic heterocycles. The molecule has 4 aliphatic rings. The lowest BCUT2D eigenvalue weighted by Crippen LogP contribution is -2.53. The standard InChI is InChI=1S/C20H30O.ClH/c1-3-20-13-11-16-15(17(20)9-10-18(20)21)8-7-14-6-4-5-12-19(14,16)2;/h3,14-17H,1,4-13H2,2H3;1H/t14?,15-,16+,17+,19+,20+;/m1./s1. The van der Waals surface area contributed by atoms with Crippen molar-refractivity contribution in [3.05, 3.63) is 12.7 Å². The Kier molecular flexibility index (Phi) is 4.25.